The second kappa shape index (κ2) is 6.53. The van der Waals surface area contributed by atoms with Crippen molar-refractivity contribution in [2.75, 3.05) is 17.7 Å². The lowest BCUT2D eigenvalue weighted by Gasteiger charge is -2.10. The number of hydrogen-bond donors (Lipinski definition) is 3. The van der Waals surface area contributed by atoms with Crippen molar-refractivity contribution in [3.05, 3.63) is 65.1 Å². The van der Waals surface area contributed by atoms with Crippen LogP contribution in [0.1, 0.15) is 34.9 Å². The number of amides is 1. The summed E-state index contributed by atoms with van der Waals surface area (Å²) in [4.78, 5) is 21.5. The van der Waals surface area contributed by atoms with Crippen LogP contribution < -0.4 is 15.4 Å². The number of benzene rings is 2. The van der Waals surface area contributed by atoms with Crippen molar-refractivity contribution in [1.82, 2.24) is 20.2 Å². The SMILES string of the molecule is COc1cnc(C)nc1Nc1n[nH]c2cc([C@@H]3C[C@]34C(=O)Nc3ccc(C)cc34)ccc12. The van der Waals surface area contributed by atoms with Crippen molar-refractivity contribution in [3.63, 3.8) is 0 Å². The van der Waals surface area contributed by atoms with Crippen molar-refractivity contribution in [3.8, 4) is 5.75 Å². The summed E-state index contributed by atoms with van der Waals surface area (Å²) in [5.41, 5.74) is 4.80. The zero-order valence-corrected chi connectivity index (χ0v) is 18.0. The molecule has 4 aromatic rings. The summed E-state index contributed by atoms with van der Waals surface area (Å²) in [5, 5.41) is 14.8. The molecular formula is C24H22N6O2. The number of aromatic amines is 1. The second-order valence-corrected chi connectivity index (χ2v) is 8.57. The van der Waals surface area contributed by atoms with E-state index in [0.717, 1.165) is 34.1 Å². The predicted octanol–water partition coefficient (Wildman–Crippen LogP) is 4.10. The molecule has 160 valence electrons. The third-order valence-corrected chi connectivity index (χ3v) is 6.59. The molecule has 3 heterocycles. The minimum atomic E-state index is -0.456. The van der Waals surface area contributed by atoms with Gasteiger partial charge in [0.15, 0.2) is 17.4 Å². The molecule has 1 fully saturated rings. The van der Waals surface area contributed by atoms with Crippen LogP contribution >= 0.6 is 0 Å². The van der Waals surface area contributed by atoms with Crippen LogP contribution in [0.4, 0.5) is 17.3 Å². The van der Waals surface area contributed by atoms with E-state index in [9.17, 15) is 4.79 Å². The maximum Gasteiger partial charge on any atom is 0.235 e. The molecule has 1 aliphatic carbocycles. The van der Waals surface area contributed by atoms with E-state index in [-0.39, 0.29) is 11.8 Å². The smallest absolute Gasteiger partial charge is 0.235 e. The van der Waals surface area contributed by atoms with Crippen LogP contribution in [0.25, 0.3) is 10.9 Å². The predicted molar refractivity (Wildman–Crippen MR) is 122 cm³/mol. The number of nitrogens with one attached hydrogen (secondary N) is 3. The van der Waals surface area contributed by atoms with E-state index in [0.29, 0.717) is 23.2 Å². The third kappa shape index (κ3) is 2.62. The maximum absolute atomic E-state index is 12.9. The van der Waals surface area contributed by atoms with Gasteiger partial charge in [-0.15, -0.1) is 0 Å². The van der Waals surface area contributed by atoms with Gasteiger partial charge in [-0.2, -0.15) is 5.10 Å². The molecule has 3 N–H and O–H groups in total. The summed E-state index contributed by atoms with van der Waals surface area (Å²) >= 11 is 0. The van der Waals surface area contributed by atoms with Crippen LogP contribution in [0.3, 0.4) is 0 Å². The van der Waals surface area contributed by atoms with Crippen LogP contribution in [0.15, 0.2) is 42.6 Å². The molecule has 0 bridgehead atoms. The van der Waals surface area contributed by atoms with E-state index >= 15 is 0 Å². The number of rotatable bonds is 4. The zero-order chi connectivity index (χ0) is 22.0. The van der Waals surface area contributed by atoms with Gasteiger partial charge in [-0.05, 0) is 49.6 Å². The Balaban J connectivity index is 1.33. The number of aryl methyl sites for hydroxylation is 2. The Hall–Kier alpha value is -3.94. The molecule has 2 aliphatic rings. The Morgan fingerprint density at radius 2 is 2.03 bits per heavy atom. The number of fused-ring (bicyclic) bond motifs is 3. The first-order chi connectivity index (χ1) is 15.5. The number of H-pyrrole nitrogens is 1. The monoisotopic (exact) mass is 426 g/mol. The fourth-order valence-electron chi connectivity index (χ4n) is 4.87. The fraction of sp³-hybridized carbons (Fsp3) is 0.250. The minimum absolute atomic E-state index is 0.0985. The molecule has 1 amide bonds. The van der Waals surface area contributed by atoms with Gasteiger partial charge in [-0.1, -0.05) is 23.8 Å². The Bertz CT molecular complexity index is 1410. The van der Waals surface area contributed by atoms with Crippen LogP contribution in [0.2, 0.25) is 0 Å². The quantitative estimate of drug-likeness (QED) is 0.454. The number of ether oxygens (including phenoxy) is 1. The Labute approximate surface area is 184 Å². The number of aromatic nitrogens is 4. The summed E-state index contributed by atoms with van der Waals surface area (Å²) in [5.74, 6) is 2.66. The Morgan fingerprint density at radius 3 is 2.88 bits per heavy atom. The molecule has 2 aromatic heterocycles. The molecule has 8 nitrogen and oxygen atoms in total. The first kappa shape index (κ1) is 18.8. The molecule has 1 aliphatic heterocycles. The molecule has 6 rings (SSSR count). The summed E-state index contributed by atoms with van der Waals surface area (Å²) in [6, 6.07) is 12.4. The average Bonchev–Trinajstić information content (AvgIpc) is 3.34. The first-order valence-corrected chi connectivity index (χ1v) is 10.5. The zero-order valence-electron chi connectivity index (χ0n) is 18.0. The molecule has 32 heavy (non-hydrogen) atoms. The van der Waals surface area contributed by atoms with Crippen LogP contribution in [-0.4, -0.2) is 33.2 Å². The minimum Gasteiger partial charge on any atom is -0.491 e. The average molecular weight is 426 g/mol. The van der Waals surface area contributed by atoms with Gasteiger partial charge < -0.3 is 15.4 Å². The van der Waals surface area contributed by atoms with Gasteiger partial charge >= 0.3 is 0 Å². The molecule has 0 unspecified atom stereocenters. The lowest BCUT2D eigenvalue weighted by molar-refractivity contribution is -0.118. The highest BCUT2D eigenvalue weighted by atomic mass is 16.5. The third-order valence-electron chi connectivity index (χ3n) is 6.59. The molecule has 8 heteroatoms. The topological polar surface area (TPSA) is 105 Å². The highest BCUT2D eigenvalue weighted by Gasteiger charge is 2.65. The molecule has 2 aromatic carbocycles. The first-order valence-electron chi connectivity index (χ1n) is 10.5. The van der Waals surface area contributed by atoms with Crippen LogP contribution in [0.5, 0.6) is 5.75 Å². The number of nitrogens with zero attached hydrogens (tertiary/aromatic N) is 3. The van der Waals surface area contributed by atoms with E-state index in [1.165, 1.54) is 5.56 Å². The van der Waals surface area contributed by atoms with Crippen LogP contribution in [-0.2, 0) is 10.2 Å². The summed E-state index contributed by atoms with van der Waals surface area (Å²) in [7, 11) is 1.58. The van der Waals surface area contributed by atoms with E-state index in [4.69, 9.17) is 4.74 Å². The van der Waals surface area contributed by atoms with Gasteiger partial charge in [0, 0.05) is 17.0 Å². The lowest BCUT2D eigenvalue weighted by Crippen LogP contribution is -2.21. The number of carbonyl (C=O) groups excluding carboxylic acids is 1. The van der Waals surface area contributed by atoms with Crippen molar-refractivity contribution in [2.45, 2.75) is 31.6 Å². The fourth-order valence-corrected chi connectivity index (χ4v) is 4.87. The number of hydrogen-bond acceptors (Lipinski definition) is 6. The highest BCUT2D eigenvalue weighted by Crippen LogP contribution is 2.65. The summed E-state index contributed by atoms with van der Waals surface area (Å²) in [6.45, 7) is 3.89. The summed E-state index contributed by atoms with van der Waals surface area (Å²) in [6.07, 6.45) is 2.45. The highest BCUT2D eigenvalue weighted by molar-refractivity contribution is 6.10. The van der Waals surface area contributed by atoms with Gasteiger partial charge in [-0.3, -0.25) is 9.89 Å². The van der Waals surface area contributed by atoms with Gasteiger partial charge in [0.1, 0.15) is 5.82 Å². The number of methoxy groups -OCH3 is 1. The van der Waals surface area contributed by atoms with E-state index in [1.54, 1.807) is 13.3 Å². The number of anilines is 3. The lowest BCUT2D eigenvalue weighted by atomic mass is 9.91. The normalized spacial score (nSPS) is 21.0. The van der Waals surface area contributed by atoms with Gasteiger partial charge in [0.2, 0.25) is 5.91 Å². The van der Waals surface area contributed by atoms with Crippen LogP contribution in [0, 0.1) is 13.8 Å². The van der Waals surface area contributed by atoms with E-state index < -0.39 is 5.41 Å². The van der Waals surface area contributed by atoms with E-state index in [1.807, 2.05) is 25.1 Å². The molecule has 2 atom stereocenters. The molecule has 0 saturated heterocycles. The number of carbonyl (C=O) groups is 1. The van der Waals surface area contributed by atoms with Gasteiger partial charge in [-0.25, -0.2) is 9.97 Å². The van der Waals surface area contributed by atoms with Gasteiger partial charge in [0.05, 0.1) is 24.2 Å². The largest absolute Gasteiger partial charge is 0.491 e. The Kier molecular flexibility index (Phi) is 3.83. The molecule has 1 spiro atoms. The van der Waals surface area contributed by atoms with Crippen molar-refractivity contribution >= 4 is 34.1 Å². The molecule has 0 radical (unpaired) electrons. The Morgan fingerprint density at radius 1 is 1.16 bits per heavy atom. The molecular weight excluding hydrogens is 404 g/mol. The van der Waals surface area contributed by atoms with Gasteiger partial charge in [0.25, 0.3) is 0 Å². The van der Waals surface area contributed by atoms with Crippen molar-refractivity contribution in [2.24, 2.45) is 0 Å². The van der Waals surface area contributed by atoms with E-state index in [2.05, 4.69) is 55.9 Å². The molecule has 1 saturated carbocycles. The van der Waals surface area contributed by atoms with Crippen molar-refractivity contribution < 1.29 is 9.53 Å². The van der Waals surface area contributed by atoms with Crippen molar-refractivity contribution in [1.29, 1.82) is 0 Å². The summed E-state index contributed by atoms with van der Waals surface area (Å²) < 4.78 is 5.36. The second-order valence-electron chi connectivity index (χ2n) is 8.57. The maximum atomic E-state index is 12.9. The standard InChI is InChI=1S/C24H22N6O2/c1-12-4-7-18-16(8-12)24(23(31)27-18)10-17(24)14-5-6-15-19(9-14)29-30-21(15)28-22-20(32-3)11-25-13(2)26-22/h4-9,11,17H,10H2,1-3H3,(H,27,31)(H2,25,26,28,29,30)/t17-,24+/m0/s1.